The molecule has 0 spiro atoms. The summed E-state index contributed by atoms with van der Waals surface area (Å²) in [6.45, 7) is 0.752. The molecule has 1 heterocycles. The molecule has 3 aromatic rings. The van der Waals surface area contributed by atoms with E-state index in [1.165, 1.54) is 19.2 Å². The van der Waals surface area contributed by atoms with Gasteiger partial charge in [-0.2, -0.15) is 0 Å². The summed E-state index contributed by atoms with van der Waals surface area (Å²) in [7, 11) is 3.03. The maximum absolute atomic E-state index is 13.5. The minimum atomic E-state index is -0.695. The molecule has 1 saturated heterocycles. The monoisotopic (exact) mass is 448 g/mol. The van der Waals surface area contributed by atoms with E-state index >= 15 is 0 Å². The summed E-state index contributed by atoms with van der Waals surface area (Å²) in [5.41, 5.74) is 3.00. The van der Waals surface area contributed by atoms with E-state index in [2.05, 4.69) is 5.32 Å². The lowest BCUT2D eigenvalue weighted by atomic mass is 9.93. The predicted molar refractivity (Wildman–Crippen MR) is 123 cm³/mol. The van der Waals surface area contributed by atoms with Crippen molar-refractivity contribution in [1.29, 1.82) is 0 Å². The van der Waals surface area contributed by atoms with Gasteiger partial charge >= 0.3 is 0 Å². The molecule has 33 heavy (non-hydrogen) atoms. The quantitative estimate of drug-likeness (QED) is 0.625. The van der Waals surface area contributed by atoms with Crippen LogP contribution in [0, 0.1) is 5.82 Å². The smallest absolute Gasteiger partial charge is 0.258 e. The van der Waals surface area contributed by atoms with Crippen molar-refractivity contribution >= 4 is 11.8 Å². The van der Waals surface area contributed by atoms with E-state index in [4.69, 9.17) is 9.47 Å². The Morgan fingerprint density at radius 3 is 2.55 bits per heavy atom. The number of piperazine rings is 1. The van der Waals surface area contributed by atoms with Gasteiger partial charge in [-0.05, 0) is 41.0 Å². The highest BCUT2D eigenvalue weighted by atomic mass is 19.1. The van der Waals surface area contributed by atoms with Crippen molar-refractivity contribution in [3.8, 4) is 22.6 Å². The van der Waals surface area contributed by atoms with Crippen LogP contribution in [0.15, 0.2) is 66.7 Å². The van der Waals surface area contributed by atoms with E-state index in [0.717, 1.165) is 16.7 Å². The largest absolute Gasteiger partial charge is 0.497 e. The van der Waals surface area contributed by atoms with E-state index in [-0.39, 0.29) is 17.6 Å². The summed E-state index contributed by atoms with van der Waals surface area (Å²) in [6.07, 6.45) is 0.323. The average Bonchev–Trinajstić information content (AvgIpc) is 2.85. The van der Waals surface area contributed by atoms with Crippen LogP contribution in [0.4, 0.5) is 4.39 Å². The molecule has 0 saturated carbocycles. The number of carbonyl (C=O) groups is 2. The summed E-state index contributed by atoms with van der Waals surface area (Å²) in [4.78, 5) is 28.0. The van der Waals surface area contributed by atoms with Gasteiger partial charge in [0.05, 0.1) is 19.8 Å². The van der Waals surface area contributed by atoms with Crippen molar-refractivity contribution in [2.75, 3.05) is 27.3 Å². The van der Waals surface area contributed by atoms with Crippen LogP contribution in [-0.2, 0) is 11.2 Å². The third kappa shape index (κ3) is 4.67. The van der Waals surface area contributed by atoms with Gasteiger partial charge in [-0.1, -0.05) is 36.4 Å². The second-order valence-corrected chi connectivity index (χ2v) is 7.74. The summed E-state index contributed by atoms with van der Waals surface area (Å²) < 4.78 is 24.1. The molecule has 0 aliphatic carbocycles. The van der Waals surface area contributed by atoms with Crippen LogP contribution in [0.25, 0.3) is 11.1 Å². The Morgan fingerprint density at radius 2 is 1.82 bits per heavy atom. The highest BCUT2D eigenvalue weighted by Gasteiger charge is 2.35. The number of nitrogens with one attached hydrogen (secondary N) is 1. The number of methoxy groups -OCH3 is 2. The van der Waals surface area contributed by atoms with Crippen molar-refractivity contribution in [1.82, 2.24) is 10.2 Å². The van der Waals surface area contributed by atoms with Gasteiger partial charge in [0.1, 0.15) is 23.4 Å². The third-order valence-corrected chi connectivity index (χ3v) is 5.82. The number of ether oxygens (including phenoxy) is 2. The SMILES string of the molecule is COc1ccc(C(=O)N2CCNC(=O)C2Cc2ccccc2-c2ccc(F)cc2)c(OC)c1. The molecule has 1 N–H and O–H groups in total. The number of carbonyl (C=O) groups excluding carboxylic acids is 2. The molecule has 1 aliphatic rings. The van der Waals surface area contributed by atoms with Crippen molar-refractivity contribution < 1.29 is 23.5 Å². The second-order valence-electron chi connectivity index (χ2n) is 7.74. The zero-order valence-electron chi connectivity index (χ0n) is 18.5. The van der Waals surface area contributed by atoms with E-state index in [9.17, 15) is 14.0 Å². The van der Waals surface area contributed by atoms with Gasteiger partial charge in [-0.3, -0.25) is 9.59 Å². The molecule has 6 nitrogen and oxygen atoms in total. The summed E-state index contributed by atoms with van der Waals surface area (Å²) in [6, 6.07) is 18.2. The van der Waals surface area contributed by atoms with Crippen LogP contribution in [0.3, 0.4) is 0 Å². The maximum Gasteiger partial charge on any atom is 0.258 e. The van der Waals surface area contributed by atoms with Crippen LogP contribution in [0.2, 0.25) is 0 Å². The van der Waals surface area contributed by atoms with Gasteiger partial charge in [0.15, 0.2) is 0 Å². The number of hydrogen-bond acceptors (Lipinski definition) is 4. The molecule has 3 aromatic carbocycles. The first-order chi connectivity index (χ1) is 16.0. The third-order valence-electron chi connectivity index (χ3n) is 5.82. The topological polar surface area (TPSA) is 67.9 Å². The van der Waals surface area contributed by atoms with Gasteiger partial charge < -0.3 is 19.7 Å². The first kappa shape index (κ1) is 22.3. The number of hydrogen-bond donors (Lipinski definition) is 1. The standard InChI is InChI=1S/C26H25FN2O4/c1-32-20-11-12-22(24(16-20)33-2)26(31)29-14-13-28-25(30)23(29)15-18-5-3-4-6-21(18)17-7-9-19(27)10-8-17/h3-12,16,23H,13-15H2,1-2H3,(H,28,30). The maximum atomic E-state index is 13.5. The predicted octanol–water partition coefficient (Wildman–Crippen LogP) is 3.69. The molecule has 1 aliphatic heterocycles. The molecule has 1 atom stereocenters. The molecular weight excluding hydrogens is 423 g/mol. The minimum absolute atomic E-state index is 0.212. The Morgan fingerprint density at radius 1 is 1.06 bits per heavy atom. The van der Waals surface area contributed by atoms with E-state index < -0.39 is 6.04 Å². The van der Waals surface area contributed by atoms with Crippen LogP contribution in [-0.4, -0.2) is 50.1 Å². The Bertz CT molecular complexity index is 1160. The van der Waals surface area contributed by atoms with Gasteiger partial charge in [0.25, 0.3) is 5.91 Å². The summed E-state index contributed by atoms with van der Waals surface area (Å²) in [5, 5.41) is 2.87. The first-order valence-electron chi connectivity index (χ1n) is 10.7. The molecule has 170 valence electrons. The summed E-state index contributed by atoms with van der Waals surface area (Å²) in [5.74, 6) is 0.151. The molecule has 1 fully saturated rings. The zero-order valence-corrected chi connectivity index (χ0v) is 18.5. The van der Waals surface area contributed by atoms with Gasteiger partial charge in [0, 0.05) is 25.6 Å². The Kier molecular flexibility index (Phi) is 6.58. The Balaban J connectivity index is 1.67. The van der Waals surface area contributed by atoms with Crippen molar-refractivity contribution in [3.05, 3.63) is 83.7 Å². The molecule has 0 bridgehead atoms. The second kappa shape index (κ2) is 9.73. The van der Waals surface area contributed by atoms with Crippen LogP contribution < -0.4 is 14.8 Å². The fourth-order valence-electron chi connectivity index (χ4n) is 4.11. The number of amides is 2. The Labute approximate surface area is 191 Å². The highest BCUT2D eigenvalue weighted by Crippen LogP contribution is 2.29. The van der Waals surface area contributed by atoms with E-state index in [0.29, 0.717) is 36.6 Å². The van der Waals surface area contributed by atoms with Crippen molar-refractivity contribution in [2.45, 2.75) is 12.5 Å². The molecule has 0 aromatic heterocycles. The zero-order chi connectivity index (χ0) is 23.4. The lowest BCUT2D eigenvalue weighted by Crippen LogP contribution is -2.58. The van der Waals surface area contributed by atoms with E-state index in [1.54, 1.807) is 42.3 Å². The number of halogens is 1. The number of benzene rings is 3. The van der Waals surface area contributed by atoms with Crippen molar-refractivity contribution in [2.24, 2.45) is 0 Å². The minimum Gasteiger partial charge on any atom is -0.497 e. The molecular formula is C26H25FN2O4. The van der Waals surface area contributed by atoms with Gasteiger partial charge in [-0.25, -0.2) is 4.39 Å². The molecule has 4 rings (SSSR count). The highest BCUT2D eigenvalue weighted by molar-refractivity contribution is 6.00. The number of rotatable bonds is 6. The molecule has 2 amide bonds. The fourth-order valence-corrected chi connectivity index (χ4v) is 4.11. The van der Waals surface area contributed by atoms with Crippen LogP contribution in [0.5, 0.6) is 11.5 Å². The number of nitrogens with zero attached hydrogens (tertiary/aromatic N) is 1. The normalized spacial score (nSPS) is 15.7. The average molecular weight is 448 g/mol. The lowest BCUT2D eigenvalue weighted by molar-refractivity contribution is -0.127. The summed E-state index contributed by atoms with van der Waals surface area (Å²) >= 11 is 0. The Hall–Kier alpha value is -3.87. The van der Waals surface area contributed by atoms with Gasteiger partial charge in [-0.15, -0.1) is 0 Å². The first-order valence-corrected chi connectivity index (χ1v) is 10.7. The molecule has 7 heteroatoms. The van der Waals surface area contributed by atoms with Crippen LogP contribution in [0.1, 0.15) is 15.9 Å². The van der Waals surface area contributed by atoms with Gasteiger partial charge in [0.2, 0.25) is 5.91 Å². The van der Waals surface area contributed by atoms with Crippen LogP contribution >= 0.6 is 0 Å². The molecule has 0 radical (unpaired) electrons. The van der Waals surface area contributed by atoms with Crippen molar-refractivity contribution in [3.63, 3.8) is 0 Å². The molecule has 1 unspecified atom stereocenters. The lowest BCUT2D eigenvalue weighted by Gasteiger charge is -2.35. The fraction of sp³-hybridized carbons (Fsp3) is 0.231. The van der Waals surface area contributed by atoms with E-state index in [1.807, 2.05) is 24.3 Å².